The Hall–Kier alpha value is -3.02. The standard InChI is InChI=1S/C16H16N2O4/c1-21-15(19)12-7-8-14(13(17)9-12)18-16(20)22-10-11-5-3-2-4-6-11/h2-9H,10,17H2,1H3,(H,18,20). The molecule has 0 atom stereocenters. The molecule has 114 valence electrons. The van der Waals surface area contributed by atoms with Crippen LogP contribution in [0.3, 0.4) is 0 Å². The summed E-state index contributed by atoms with van der Waals surface area (Å²) in [5.41, 5.74) is 7.60. The summed E-state index contributed by atoms with van der Waals surface area (Å²) in [5.74, 6) is -0.495. The number of carbonyl (C=O) groups excluding carboxylic acids is 2. The largest absolute Gasteiger partial charge is 0.465 e. The maximum Gasteiger partial charge on any atom is 0.412 e. The van der Waals surface area contributed by atoms with Crippen LogP contribution >= 0.6 is 0 Å². The Morgan fingerprint density at radius 3 is 2.50 bits per heavy atom. The molecule has 3 N–H and O–H groups in total. The number of nitrogens with one attached hydrogen (secondary N) is 1. The van der Waals surface area contributed by atoms with E-state index in [1.165, 1.54) is 25.3 Å². The zero-order chi connectivity index (χ0) is 15.9. The Labute approximate surface area is 127 Å². The summed E-state index contributed by atoms with van der Waals surface area (Å²) < 4.78 is 9.68. The second kappa shape index (κ2) is 7.12. The van der Waals surface area contributed by atoms with Gasteiger partial charge in [-0.05, 0) is 23.8 Å². The van der Waals surface area contributed by atoms with E-state index in [0.29, 0.717) is 11.3 Å². The van der Waals surface area contributed by atoms with Gasteiger partial charge in [-0.1, -0.05) is 30.3 Å². The molecule has 22 heavy (non-hydrogen) atoms. The lowest BCUT2D eigenvalue weighted by molar-refractivity contribution is 0.0601. The number of anilines is 2. The van der Waals surface area contributed by atoms with Crippen molar-refractivity contribution in [3.63, 3.8) is 0 Å². The van der Waals surface area contributed by atoms with Crippen LogP contribution in [0.4, 0.5) is 16.2 Å². The normalized spacial score (nSPS) is 9.86. The lowest BCUT2D eigenvalue weighted by Gasteiger charge is -2.10. The molecule has 0 heterocycles. The third-order valence-corrected chi connectivity index (χ3v) is 2.92. The van der Waals surface area contributed by atoms with Crippen molar-refractivity contribution in [2.45, 2.75) is 6.61 Å². The number of carbonyl (C=O) groups is 2. The van der Waals surface area contributed by atoms with E-state index in [4.69, 9.17) is 10.5 Å². The SMILES string of the molecule is COC(=O)c1ccc(NC(=O)OCc2ccccc2)c(N)c1. The molecule has 6 nitrogen and oxygen atoms in total. The second-order valence-electron chi connectivity index (χ2n) is 4.48. The number of rotatable bonds is 4. The Morgan fingerprint density at radius 1 is 1.14 bits per heavy atom. The summed E-state index contributed by atoms with van der Waals surface area (Å²) in [6.07, 6.45) is -0.624. The van der Waals surface area contributed by atoms with Crippen LogP contribution < -0.4 is 11.1 Å². The molecule has 2 rings (SSSR count). The predicted molar refractivity (Wildman–Crippen MR) is 82.4 cm³/mol. The van der Waals surface area contributed by atoms with E-state index < -0.39 is 12.1 Å². The van der Waals surface area contributed by atoms with Crippen molar-refractivity contribution >= 4 is 23.4 Å². The molecule has 0 bridgehead atoms. The molecule has 1 amide bonds. The highest BCUT2D eigenvalue weighted by atomic mass is 16.5. The fourth-order valence-corrected chi connectivity index (χ4v) is 1.79. The number of hydrogen-bond acceptors (Lipinski definition) is 5. The molecule has 0 radical (unpaired) electrons. The van der Waals surface area contributed by atoms with Gasteiger partial charge >= 0.3 is 12.1 Å². The maximum absolute atomic E-state index is 11.7. The average Bonchev–Trinajstić information content (AvgIpc) is 2.55. The number of nitrogens with two attached hydrogens (primary N) is 1. The topological polar surface area (TPSA) is 90.6 Å². The van der Waals surface area contributed by atoms with Gasteiger partial charge in [-0.15, -0.1) is 0 Å². The number of benzene rings is 2. The van der Waals surface area contributed by atoms with Gasteiger partial charge in [-0.25, -0.2) is 9.59 Å². The first-order chi connectivity index (χ1) is 10.6. The molecule has 2 aromatic rings. The van der Waals surface area contributed by atoms with Crippen molar-refractivity contribution < 1.29 is 19.1 Å². The molecule has 0 fully saturated rings. The Balaban J connectivity index is 1.95. The number of nitrogen functional groups attached to an aromatic ring is 1. The molecule has 0 spiro atoms. The predicted octanol–water partition coefficient (Wildman–Crippen LogP) is 2.80. The smallest absolute Gasteiger partial charge is 0.412 e. The highest BCUT2D eigenvalue weighted by Gasteiger charge is 2.10. The minimum absolute atomic E-state index is 0.160. The highest BCUT2D eigenvalue weighted by Crippen LogP contribution is 2.20. The highest BCUT2D eigenvalue weighted by molar-refractivity contribution is 5.94. The molecular weight excluding hydrogens is 284 g/mol. The van der Waals surface area contributed by atoms with Crippen molar-refractivity contribution in [2.24, 2.45) is 0 Å². The van der Waals surface area contributed by atoms with Gasteiger partial charge in [0.05, 0.1) is 24.0 Å². The molecule has 0 unspecified atom stereocenters. The van der Waals surface area contributed by atoms with E-state index in [1.54, 1.807) is 0 Å². The Morgan fingerprint density at radius 2 is 1.86 bits per heavy atom. The number of methoxy groups -OCH3 is 1. The molecule has 0 aliphatic heterocycles. The minimum atomic E-state index is -0.624. The summed E-state index contributed by atoms with van der Waals surface area (Å²) >= 11 is 0. The van der Waals surface area contributed by atoms with Gasteiger partial charge in [0.2, 0.25) is 0 Å². The van der Waals surface area contributed by atoms with Crippen molar-refractivity contribution in [3.05, 3.63) is 59.7 Å². The van der Waals surface area contributed by atoms with E-state index in [-0.39, 0.29) is 12.3 Å². The molecule has 0 aliphatic carbocycles. The molecule has 2 aromatic carbocycles. The number of hydrogen-bond donors (Lipinski definition) is 2. The van der Waals surface area contributed by atoms with Crippen LogP contribution in [-0.2, 0) is 16.1 Å². The van der Waals surface area contributed by atoms with Crippen molar-refractivity contribution in [3.8, 4) is 0 Å². The van der Waals surface area contributed by atoms with E-state index in [0.717, 1.165) is 5.56 Å². The lowest BCUT2D eigenvalue weighted by Crippen LogP contribution is -2.15. The van der Waals surface area contributed by atoms with Gasteiger partial charge in [0.25, 0.3) is 0 Å². The van der Waals surface area contributed by atoms with Crippen LogP contribution in [-0.4, -0.2) is 19.2 Å². The van der Waals surface area contributed by atoms with Crippen molar-refractivity contribution in [2.75, 3.05) is 18.2 Å². The number of amides is 1. The third kappa shape index (κ3) is 3.99. The summed E-state index contributed by atoms with van der Waals surface area (Å²) in [7, 11) is 1.28. The Kier molecular flexibility index (Phi) is 4.98. The summed E-state index contributed by atoms with van der Waals surface area (Å²) in [6.45, 7) is 0.160. The van der Waals surface area contributed by atoms with Gasteiger partial charge in [-0.2, -0.15) is 0 Å². The van der Waals surface area contributed by atoms with Crippen LogP contribution in [0.2, 0.25) is 0 Å². The molecule has 0 aromatic heterocycles. The summed E-state index contributed by atoms with van der Waals surface area (Å²) in [5, 5.41) is 2.53. The van der Waals surface area contributed by atoms with Gasteiger partial charge in [0, 0.05) is 0 Å². The van der Waals surface area contributed by atoms with Crippen LogP contribution in [0.1, 0.15) is 15.9 Å². The lowest BCUT2D eigenvalue weighted by atomic mass is 10.2. The van der Waals surface area contributed by atoms with Crippen LogP contribution in [0.15, 0.2) is 48.5 Å². The van der Waals surface area contributed by atoms with Gasteiger partial charge in [0.15, 0.2) is 0 Å². The summed E-state index contributed by atoms with van der Waals surface area (Å²) in [6, 6.07) is 13.8. The first-order valence-corrected chi connectivity index (χ1v) is 6.55. The van der Waals surface area contributed by atoms with Crippen LogP contribution in [0.25, 0.3) is 0 Å². The molecule has 0 saturated carbocycles. The van der Waals surface area contributed by atoms with Gasteiger partial charge in [0.1, 0.15) is 6.61 Å². The number of esters is 1. The van der Waals surface area contributed by atoms with Gasteiger partial charge in [-0.3, -0.25) is 5.32 Å². The third-order valence-electron chi connectivity index (χ3n) is 2.92. The first kappa shape index (κ1) is 15.4. The molecule has 6 heteroatoms. The fourth-order valence-electron chi connectivity index (χ4n) is 1.79. The van der Waals surface area contributed by atoms with Crippen molar-refractivity contribution in [1.29, 1.82) is 0 Å². The monoisotopic (exact) mass is 300 g/mol. The van der Waals surface area contributed by atoms with E-state index in [2.05, 4.69) is 10.1 Å². The van der Waals surface area contributed by atoms with Crippen LogP contribution in [0, 0.1) is 0 Å². The van der Waals surface area contributed by atoms with Crippen LogP contribution in [0.5, 0.6) is 0 Å². The first-order valence-electron chi connectivity index (χ1n) is 6.55. The number of ether oxygens (including phenoxy) is 2. The fraction of sp³-hybridized carbons (Fsp3) is 0.125. The summed E-state index contributed by atoms with van der Waals surface area (Å²) in [4.78, 5) is 23.1. The zero-order valence-corrected chi connectivity index (χ0v) is 12.0. The van der Waals surface area contributed by atoms with Crippen molar-refractivity contribution in [1.82, 2.24) is 0 Å². The zero-order valence-electron chi connectivity index (χ0n) is 12.0. The Bertz CT molecular complexity index is 671. The quantitative estimate of drug-likeness (QED) is 0.669. The molecule has 0 saturated heterocycles. The van der Waals surface area contributed by atoms with E-state index in [9.17, 15) is 9.59 Å². The van der Waals surface area contributed by atoms with Gasteiger partial charge < -0.3 is 15.2 Å². The maximum atomic E-state index is 11.7. The molecular formula is C16H16N2O4. The molecule has 0 aliphatic rings. The van der Waals surface area contributed by atoms with E-state index in [1.807, 2.05) is 30.3 Å². The minimum Gasteiger partial charge on any atom is -0.465 e. The second-order valence-corrected chi connectivity index (χ2v) is 4.48. The average molecular weight is 300 g/mol. The van der Waals surface area contributed by atoms with E-state index >= 15 is 0 Å².